The van der Waals surface area contributed by atoms with Gasteiger partial charge in [-0.15, -0.1) is 0 Å². The molecule has 2 N–H and O–H groups in total. The SMILES string of the molecule is COc1cc(-n2cnc(Nc3nc(N4CCCC4CO)c4c(C)nn(C5CCCC5)c4n3)c2)cc(OC)c1OC. The molecule has 1 aromatic carbocycles. The lowest BCUT2D eigenvalue weighted by molar-refractivity contribution is 0.266. The Morgan fingerprint density at radius 2 is 1.75 bits per heavy atom. The highest BCUT2D eigenvalue weighted by Crippen LogP contribution is 2.40. The fourth-order valence-electron chi connectivity index (χ4n) is 6.02. The normalized spacial score (nSPS) is 17.6. The Balaban J connectivity index is 1.39. The Morgan fingerprint density at radius 3 is 2.42 bits per heavy atom. The van der Waals surface area contributed by atoms with E-state index in [1.165, 1.54) is 12.8 Å². The maximum absolute atomic E-state index is 10.1. The number of aryl methyl sites for hydroxylation is 1. The fourth-order valence-corrected chi connectivity index (χ4v) is 6.02. The van der Waals surface area contributed by atoms with Gasteiger partial charge in [-0.2, -0.15) is 15.1 Å². The molecule has 212 valence electrons. The molecule has 1 unspecified atom stereocenters. The van der Waals surface area contributed by atoms with Crippen molar-refractivity contribution in [2.45, 2.75) is 57.5 Å². The molecule has 1 saturated heterocycles. The lowest BCUT2D eigenvalue weighted by atomic mass is 10.2. The first-order chi connectivity index (χ1) is 19.5. The van der Waals surface area contributed by atoms with Gasteiger partial charge in [0, 0.05) is 18.7 Å². The van der Waals surface area contributed by atoms with Crippen LogP contribution in [0, 0.1) is 6.92 Å². The summed E-state index contributed by atoms with van der Waals surface area (Å²) in [5, 5.41) is 19.3. The third-order valence-corrected chi connectivity index (χ3v) is 8.01. The number of nitrogens with one attached hydrogen (secondary N) is 1. The number of hydrogen-bond donors (Lipinski definition) is 2. The van der Waals surface area contributed by atoms with Gasteiger partial charge in [-0.1, -0.05) is 12.8 Å². The average molecular weight is 549 g/mol. The van der Waals surface area contributed by atoms with E-state index in [2.05, 4.69) is 19.9 Å². The molecule has 3 aromatic heterocycles. The number of fused-ring (bicyclic) bond motifs is 1. The largest absolute Gasteiger partial charge is 0.493 e. The molecule has 0 bridgehead atoms. The number of aliphatic hydroxyl groups excluding tert-OH is 1. The highest BCUT2D eigenvalue weighted by Gasteiger charge is 2.31. The minimum Gasteiger partial charge on any atom is -0.493 e. The summed E-state index contributed by atoms with van der Waals surface area (Å²) in [6.07, 6.45) is 10.1. The van der Waals surface area contributed by atoms with Crippen molar-refractivity contribution in [1.82, 2.24) is 29.3 Å². The summed E-state index contributed by atoms with van der Waals surface area (Å²) in [6.45, 7) is 2.95. The van der Waals surface area contributed by atoms with E-state index in [4.69, 9.17) is 29.3 Å². The van der Waals surface area contributed by atoms with E-state index in [1.54, 1.807) is 27.7 Å². The molecule has 1 saturated carbocycles. The van der Waals surface area contributed by atoms with Crippen LogP contribution in [-0.2, 0) is 0 Å². The van der Waals surface area contributed by atoms with Gasteiger partial charge >= 0.3 is 0 Å². The number of methoxy groups -OCH3 is 3. The lowest BCUT2D eigenvalue weighted by Gasteiger charge is -2.25. The molecule has 12 nitrogen and oxygen atoms in total. The molecule has 2 aliphatic rings. The number of nitrogens with zero attached hydrogens (tertiary/aromatic N) is 7. The molecular formula is C28H36N8O4. The van der Waals surface area contributed by atoms with Gasteiger partial charge in [-0.05, 0) is 32.6 Å². The lowest BCUT2D eigenvalue weighted by Crippen LogP contribution is -2.33. The van der Waals surface area contributed by atoms with Crippen molar-refractivity contribution in [1.29, 1.82) is 0 Å². The Bertz CT molecular complexity index is 1480. The number of ether oxygens (including phenoxy) is 3. The number of aromatic nitrogens is 6. The molecule has 0 spiro atoms. The van der Waals surface area contributed by atoms with Crippen molar-refractivity contribution in [3.63, 3.8) is 0 Å². The summed E-state index contributed by atoms with van der Waals surface area (Å²) in [7, 11) is 4.76. The standard InChI is InChI=1S/C28H36N8O4/c1-17-24-26(35-11-7-10-19(35)15-37)31-28(32-27(24)36(33-17)18-8-5-6-9-18)30-23-14-34(16-29-23)20-12-21(38-2)25(40-4)22(13-20)39-3/h12-14,16,18-19,37H,5-11,15H2,1-4H3,(H,30,31,32). The maximum atomic E-state index is 10.1. The molecule has 0 radical (unpaired) electrons. The molecule has 1 aliphatic carbocycles. The molecule has 6 rings (SSSR count). The molecule has 12 heteroatoms. The number of benzene rings is 1. The summed E-state index contributed by atoms with van der Waals surface area (Å²) in [5.41, 5.74) is 2.54. The minimum absolute atomic E-state index is 0.0272. The van der Waals surface area contributed by atoms with E-state index in [0.29, 0.717) is 35.1 Å². The molecule has 40 heavy (non-hydrogen) atoms. The number of aliphatic hydroxyl groups is 1. The second-order valence-electron chi connectivity index (χ2n) is 10.4. The third kappa shape index (κ3) is 4.55. The molecule has 0 amide bonds. The van der Waals surface area contributed by atoms with Crippen LogP contribution in [0.25, 0.3) is 16.7 Å². The average Bonchev–Trinajstić information content (AvgIpc) is 3.79. The molecule has 1 atom stereocenters. The van der Waals surface area contributed by atoms with E-state index < -0.39 is 0 Å². The Kier molecular flexibility index (Phi) is 7.09. The monoisotopic (exact) mass is 548 g/mol. The van der Waals surface area contributed by atoms with Crippen LogP contribution in [0.2, 0.25) is 0 Å². The number of hydrogen-bond acceptors (Lipinski definition) is 10. The Morgan fingerprint density at radius 1 is 1.00 bits per heavy atom. The highest BCUT2D eigenvalue weighted by molar-refractivity contribution is 5.91. The van der Waals surface area contributed by atoms with Gasteiger partial charge in [-0.25, -0.2) is 9.67 Å². The summed E-state index contributed by atoms with van der Waals surface area (Å²) < 4.78 is 20.4. The highest BCUT2D eigenvalue weighted by atomic mass is 16.5. The van der Waals surface area contributed by atoms with Crippen molar-refractivity contribution < 1.29 is 19.3 Å². The smallest absolute Gasteiger partial charge is 0.232 e. The third-order valence-electron chi connectivity index (χ3n) is 8.01. The van der Waals surface area contributed by atoms with Gasteiger partial charge in [0.1, 0.15) is 12.1 Å². The second-order valence-corrected chi connectivity index (χ2v) is 10.4. The van der Waals surface area contributed by atoms with Gasteiger partial charge < -0.3 is 34.1 Å². The summed E-state index contributed by atoms with van der Waals surface area (Å²) in [6, 6.07) is 4.08. The van der Waals surface area contributed by atoms with Crippen LogP contribution < -0.4 is 24.4 Å². The Labute approximate surface area is 232 Å². The predicted molar refractivity (Wildman–Crippen MR) is 152 cm³/mol. The van der Waals surface area contributed by atoms with Crippen LogP contribution in [0.4, 0.5) is 17.6 Å². The number of anilines is 3. The Hall–Kier alpha value is -4.06. The molecular weight excluding hydrogens is 512 g/mol. The minimum atomic E-state index is 0.0272. The van der Waals surface area contributed by atoms with Gasteiger partial charge in [0.2, 0.25) is 11.7 Å². The van der Waals surface area contributed by atoms with Crippen LogP contribution >= 0.6 is 0 Å². The van der Waals surface area contributed by atoms with Crippen LogP contribution in [0.5, 0.6) is 17.2 Å². The van der Waals surface area contributed by atoms with Crippen molar-refractivity contribution in [3.05, 3.63) is 30.4 Å². The predicted octanol–water partition coefficient (Wildman–Crippen LogP) is 4.17. The van der Waals surface area contributed by atoms with Crippen molar-refractivity contribution in [3.8, 4) is 22.9 Å². The van der Waals surface area contributed by atoms with Gasteiger partial charge in [-0.3, -0.25) is 0 Å². The first-order valence-electron chi connectivity index (χ1n) is 13.8. The molecule has 2 fully saturated rings. The van der Waals surface area contributed by atoms with E-state index in [-0.39, 0.29) is 12.6 Å². The number of rotatable bonds is 9. The zero-order valence-corrected chi connectivity index (χ0v) is 23.4. The summed E-state index contributed by atoms with van der Waals surface area (Å²) in [5.74, 6) is 3.48. The van der Waals surface area contributed by atoms with Crippen molar-refractivity contribution >= 4 is 28.6 Å². The maximum Gasteiger partial charge on any atom is 0.232 e. The quantitative estimate of drug-likeness (QED) is 0.315. The van der Waals surface area contributed by atoms with Crippen molar-refractivity contribution in [2.24, 2.45) is 0 Å². The zero-order chi connectivity index (χ0) is 27.8. The topological polar surface area (TPSA) is 125 Å². The zero-order valence-electron chi connectivity index (χ0n) is 23.4. The van der Waals surface area contributed by atoms with E-state index in [0.717, 1.165) is 60.5 Å². The van der Waals surface area contributed by atoms with Gasteiger partial charge in [0.05, 0.1) is 63.0 Å². The fraction of sp³-hybridized carbons (Fsp3) is 0.500. The molecule has 4 heterocycles. The molecule has 4 aromatic rings. The number of imidazole rings is 1. The summed E-state index contributed by atoms with van der Waals surface area (Å²) in [4.78, 5) is 16.7. The first-order valence-corrected chi connectivity index (χ1v) is 13.8. The van der Waals surface area contributed by atoms with Gasteiger partial charge in [0.25, 0.3) is 0 Å². The van der Waals surface area contributed by atoms with E-state index in [1.807, 2.05) is 29.8 Å². The first kappa shape index (κ1) is 26.2. The van der Waals surface area contributed by atoms with E-state index >= 15 is 0 Å². The van der Waals surface area contributed by atoms with Crippen LogP contribution in [0.3, 0.4) is 0 Å². The van der Waals surface area contributed by atoms with Crippen molar-refractivity contribution in [2.75, 3.05) is 44.7 Å². The second kappa shape index (κ2) is 10.8. The molecule has 1 aliphatic heterocycles. The van der Waals surface area contributed by atoms with Crippen LogP contribution in [0.15, 0.2) is 24.7 Å². The van der Waals surface area contributed by atoms with Crippen LogP contribution in [0.1, 0.15) is 50.3 Å². The van der Waals surface area contributed by atoms with Gasteiger partial charge in [0.15, 0.2) is 23.0 Å². The van der Waals surface area contributed by atoms with Crippen LogP contribution in [-0.4, -0.2) is 74.9 Å². The van der Waals surface area contributed by atoms with E-state index in [9.17, 15) is 5.11 Å². The summed E-state index contributed by atoms with van der Waals surface area (Å²) >= 11 is 0.